The number of nitrogens with two attached hydrogens (primary N) is 1. The summed E-state index contributed by atoms with van der Waals surface area (Å²) in [6.45, 7) is 2.44. The minimum atomic E-state index is -0.0716. The van der Waals surface area contributed by atoms with E-state index in [9.17, 15) is 0 Å². The molecule has 19 heavy (non-hydrogen) atoms. The highest BCUT2D eigenvalue weighted by molar-refractivity contribution is 9.10. The van der Waals surface area contributed by atoms with Gasteiger partial charge in [-0.05, 0) is 42.8 Å². The molecule has 2 aromatic rings. The molecule has 0 saturated carbocycles. The predicted octanol–water partition coefficient (Wildman–Crippen LogP) is 4.70. The molecule has 0 saturated heterocycles. The SMILES string of the molecule is C[C@@H](N)c1cc(Br)ccc1OCc1ccc(Cl)cc1. The fourth-order valence-corrected chi connectivity index (χ4v) is 2.25. The molecule has 0 aliphatic carbocycles. The summed E-state index contributed by atoms with van der Waals surface area (Å²) in [5, 5.41) is 0.726. The number of hydrogen-bond donors (Lipinski definition) is 1. The van der Waals surface area contributed by atoms with E-state index < -0.39 is 0 Å². The number of ether oxygens (including phenoxy) is 1. The quantitative estimate of drug-likeness (QED) is 0.875. The summed E-state index contributed by atoms with van der Waals surface area (Å²) in [5.74, 6) is 0.813. The third-order valence-electron chi connectivity index (χ3n) is 2.77. The van der Waals surface area contributed by atoms with Crippen molar-refractivity contribution in [3.05, 3.63) is 63.1 Å². The average molecular weight is 341 g/mol. The topological polar surface area (TPSA) is 35.2 Å². The molecule has 0 spiro atoms. The van der Waals surface area contributed by atoms with E-state index in [2.05, 4.69) is 15.9 Å². The second-order valence-corrected chi connectivity index (χ2v) is 5.74. The Morgan fingerprint density at radius 3 is 2.53 bits per heavy atom. The predicted molar refractivity (Wildman–Crippen MR) is 82.5 cm³/mol. The van der Waals surface area contributed by atoms with Crippen molar-refractivity contribution in [1.82, 2.24) is 0 Å². The Morgan fingerprint density at radius 1 is 1.21 bits per heavy atom. The molecule has 2 rings (SSSR count). The fourth-order valence-electron chi connectivity index (χ4n) is 1.75. The van der Waals surface area contributed by atoms with Gasteiger partial charge in [-0.25, -0.2) is 0 Å². The Bertz CT molecular complexity index is 555. The van der Waals surface area contributed by atoms with Crippen LogP contribution in [-0.2, 0) is 6.61 Å². The van der Waals surface area contributed by atoms with Crippen LogP contribution in [0.1, 0.15) is 24.1 Å². The zero-order valence-electron chi connectivity index (χ0n) is 10.6. The first-order chi connectivity index (χ1) is 9.06. The van der Waals surface area contributed by atoms with Crippen molar-refractivity contribution in [2.45, 2.75) is 19.6 Å². The van der Waals surface area contributed by atoms with Crippen molar-refractivity contribution in [3.8, 4) is 5.75 Å². The van der Waals surface area contributed by atoms with Crippen molar-refractivity contribution in [2.24, 2.45) is 5.73 Å². The molecule has 0 unspecified atom stereocenters. The number of halogens is 2. The second-order valence-electron chi connectivity index (χ2n) is 4.39. The molecule has 0 aliphatic heterocycles. The first-order valence-electron chi connectivity index (χ1n) is 5.98. The number of rotatable bonds is 4. The molecule has 0 radical (unpaired) electrons. The summed E-state index contributed by atoms with van der Waals surface area (Å²) in [7, 11) is 0. The molecular formula is C15H15BrClNO. The molecule has 0 bridgehead atoms. The van der Waals surface area contributed by atoms with Crippen LogP contribution in [0.15, 0.2) is 46.9 Å². The summed E-state index contributed by atoms with van der Waals surface area (Å²) < 4.78 is 6.83. The molecule has 2 nitrogen and oxygen atoms in total. The largest absolute Gasteiger partial charge is 0.489 e. The Hall–Kier alpha value is -1.03. The minimum absolute atomic E-state index is 0.0716. The van der Waals surface area contributed by atoms with E-state index in [1.807, 2.05) is 49.4 Å². The molecule has 0 fully saturated rings. The first-order valence-corrected chi connectivity index (χ1v) is 7.15. The molecule has 0 aromatic heterocycles. The van der Waals surface area contributed by atoms with Gasteiger partial charge in [0.15, 0.2) is 0 Å². The summed E-state index contributed by atoms with van der Waals surface area (Å²) in [5.41, 5.74) is 8.02. The van der Waals surface area contributed by atoms with Gasteiger partial charge in [-0.2, -0.15) is 0 Å². The van der Waals surface area contributed by atoms with Crippen molar-refractivity contribution in [2.75, 3.05) is 0 Å². The van der Waals surface area contributed by atoms with E-state index in [-0.39, 0.29) is 6.04 Å². The van der Waals surface area contributed by atoms with Crippen LogP contribution >= 0.6 is 27.5 Å². The summed E-state index contributed by atoms with van der Waals surface area (Å²) in [6.07, 6.45) is 0. The van der Waals surface area contributed by atoms with Crippen LogP contribution < -0.4 is 10.5 Å². The highest BCUT2D eigenvalue weighted by atomic mass is 79.9. The van der Waals surface area contributed by atoms with Gasteiger partial charge in [-0.1, -0.05) is 39.7 Å². The van der Waals surface area contributed by atoms with Gasteiger partial charge in [0.1, 0.15) is 12.4 Å². The monoisotopic (exact) mass is 339 g/mol. The third-order valence-corrected chi connectivity index (χ3v) is 3.52. The molecule has 4 heteroatoms. The smallest absolute Gasteiger partial charge is 0.124 e. The van der Waals surface area contributed by atoms with Gasteiger partial charge in [-0.3, -0.25) is 0 Å². The van der Waals surface area contributed by atoms with Crippen molar-refractivity contribution in [1.29, 1.82) is 0 Å². The van der Waals surface area contributed by atoms with Crippen LogP contribution in [0.4, 0.5) is 0 Å². The minimum Gasteiger partial charge on any atom is -0.489 e. The molecule has 100 valence electrons. The molecule has 1 atom stereocenters. The van der Waals surface area contributed by atoms with Crippen molar-refractivity contribution in [3.63, 3.8) is 0 Å². The Morgan fingerprint density at radius 2 is 1.89 bits per heavy atom. The van der Waals surface area contributed by atoms with E-state index in [4.69, 9.17) is 22.1 Å². The second kappa shape index (κ2) is 6.42. The summed E-state index contributed by atoms with van der Waals surface area (Å²) in [4.78, 5) is 0. The van der Waals surface area contributed by atoms with Gasteiger partial charge >= 0.3 is 0 Å². The normalized spacial score (nSPS) is 12.2. The van der Waals surface area contributed by atoms with Gasteiger partial charge in [0.2, 0.25) is 0 Å². The molecule has 2 aromatic carbocycles. The molecule has 0 amide bonds. The van der Waals surface area contributed by atoms with Crippen LogP contribution in [0.5, 0.6) is 5.75 Å². The molecule has 0 heterocycles. The van der Waals surface area contributed by atoms with Crippen LogP contribution in [0.3, 0.4) is 0 Å². The zero-order chi connectivity index (χ0) is 13.8. The van der Waals surface area contributed by atoms with E-state index >= 15 is 0 Å². The maximum atomic E-state index is 5.95. The maximum Gasteiger partial charge on any atom is 0.124 e. The van der Waals surface area contributed by atoms with Crippen LogP contribution in [0.25, 0.3) is 0 Å². The number of hydrogen-bond acceptors (Lipinski definition) is 2. The molecule has 0 aliphatic rings. The van der Waals surface area contributed by atoms with E-state index in [1.54, 1.807) is 0 Å². The number of benzene rings is 2. The van der Waals surface area contributed by atoms with Gasteiger partial charge < -0.3 is 10.5 Å². The van der Waals surface area contributed by atoms with E-state index in [1.165, 1.54) is 0 Å². The van der Waals surface area contributed by atoms with Gasteiger partial charge in [-0.15, -0.1) is 0 Å². The summed E-state index contributed by atoms with van der Waals surface area (Å²) >= 11 is 9.29. The average Bonchev–Trinajstić information content (AvgIpc) is 2.39. The standard InChI is InChI=1S/C15H15BrClNO/c1-10(18)14-8-12(16)4-7-15(14)19-9-11-2-5-13(17)6-3-11/h2-8,10H,9,18H2,1H3/t10-/m1/s1. The Balaban J connectivity index is 2.13. The lowest BCUT2D eigenvalue weighted by molar-refractivity contribution is 0.301. The Labute approximate surface area is 126 Å². The van der Waals surface area contributed by atoms with Crippen molar-refractivity contribution >= 4 is 27.5 Å². The van der Waals surface area contributed by atoms with Gasteiger partial charge in [0.05, 0.1) is 0 Å². The van der Waals surface area contributed by atoms with E-state index in [0.717, 1.165) is 26.4 Å². The summed E-state index contributed by atoms with van der Waals surface area (Å²) in [6, 6.07) is 13.4. The zero-order valence-corrected chi connectivity index (χ0v) is 12.9. The lowest BCUT2D eigenvalue weighted by Crippen LogP contribution is -2.08. The highest BCUT2D eigenvalue weighted by Gasteiger charge is 2.09. The van der Waals surface area contributed by atoms with Gasteiger partial charge in [0.25, 0.3) is 0 Å². The van der Waals surface area contributed by atoms with Crippen LogP contribution in [-0.4, -0.2) is 0 Å². The highest BCUT2D eigenvalue weighted by Crippen LogP contribution is 2.28. The molecular weight excluding hydrogens is 326 g/mol. The first kappa shape index (κ1) is 14.4. The lowest BCUT2D eigenvalue weighted by Gasteiger charge is -2.14. The fraction of sp³-hybridized carbons (Fsp3) is 0.200. The van der Waals surface area contributed by atoms with Crippen LogP contribution in [0, 0.1) is 0 Å². The van der Waals surface area contributed by atoms with Crippen LogP contribution in [0.2, 0.25) is 5.02 Å². The molecule has 2 N–H and O–H groups in total. The lowest BCUT2D eigenvalue weighted by atomic mass is 10.1. The third kappa shape index (κ3) is 3.96. The maximum absolute atomic E-state index is 5.95. The van der Waals surface area contributed by atoms with Crippen molar-refractivity contribution < 1.29 is 4.74 Å². The van der Waals surface area contributed by atoms with Gasteiger partial charge in [0, 0.05) is 21.1 Å². The van der Waals surface area contributed by atoms with E-state index in [0.29, 0.717) is 6.61 Å². The Kier molecular flexibility index (Phi) is 4.86.